The Morgan fingerprint density at radius 2 is 1.69 bits per heavy atom. The van der Waals surface area contributed by atoms with Gasteiger partial charge in [0.15, 0.2) is 0 Å². The van der Waals surface area contributed by atoms with Crippen LogP contribution in [0.15, 0.2) is 65.2 Å². The van der Waals surface area contributed by atoms with Crippen LogP contribution < -0.4 is 0 Å². The minimum atomic E-state index is -0.321. The highest BCUT2D eigenvalue weighted by molar-refractivity contribution is 5.68. The molecule has 0 atom stereocenters. The minimum Gasteiger partial charge on any atom is -0.453 e. The molecule has 0 spiro atoms. The molecular formula is C21H20N2O3. The molecule has 5 nitrogen and oxygen atoms in total. The second kappa shape index (κ2) is 7.04. The summed E-state index contributed by atoms with van der Waals surface area (Å²) in [5.74, 6) is 0.819. The van der Waals surface area contributed by atoms with Crippen LogP contribution in [0.2, 0.25) is 0 Å². The van der Waals surface area contributed by atoms with E-state index in [4.69, 9.17) is 9.26 Å². The molecule has 1 amide bonds. The van der Waals surface area contributed by atoms with E-state index in [-0.39, 0.29) is 12.0 Å². The summed E-state index contributed by atoms with van der Waals surface area (Å²) in [6.45, 7) is 1.03. The molecule has 0 radical (unpaired) electrons. The Balaban J connectivity index is 1.79. The summed E-state index contributed by atoms with van der Waals surface area (Å²) < 4.78 is 10.5. The molecule has 2 heterocycles. The lowest BCUT2D eigenvalue weighted by atomic mass is 9.85. The van der Waals surface area contributed by atoms with Gasteiger partial charge in [-0.2, -0.15) is 0 Å². The van der Waals surface area contributed by atoms with Crippen LogP contribution >= 0.6 is 0 Å². The van der Waals surface area contributed by atoms with Crippen molar-refractivity contribution in [2.75, 3.05) is 13.7 Å². The van der Waals surface area contributed by atoms with Crippen molar-refractivity contribution in [3.05, 3.63) is 88.8 Å². The maximum Gasteiger partial charge on any atom is 0.409 e. The summed E-state index contributed by atoms with van der Waals surface area (Å²) in [4.78, 5) is 13.7. The van der Waals surface area contributed by atoms with Crippen molar-refractivity contribution in [3.8, 4) is 0 Å². The van der Waals surface area contributed by atoms with Gasteiger partial charge in [0.1, 0.15) is 11.5 Å². The number of carbonyl (C=O) groups is 1. The number of rotatable bonds is 3. The van der Waals surface area contributed by atoms with Gasteiger partial charge < -0.3 is 14.2 Å². The minimum absolute atomic E-state index is 0.0394. The number of ether oxygens (including phenoxy) is 1. The molecule has 3 aromatic rings. The molecule has 5 heteroatoms. The molecule has 1 aromatic heterocycles. The number of hydrogen-bond acceptors (Lipinski definition) is 4. The second-order valence-corrected chi connectivity index (χ2v) is 6.37. The van der Waals surface area contributed by atoms with E-state index < -0.39 is 0 Å². The third kappa shape index (κ3) is 2.96. The van der Waals surface area contributed by atoms with Crippen LogP contribution in [0.5, 0.6) is 0 Å². The molecule has 0 aliphatic carbocycles. The maximum absolute atomic E-state index is 12.0. The van der Waals surface area contributed by atoms with Crippen LogP contribution in [0.25, 0.3) is 0 Å². The average Bonchev–Trinajstić information content (AvgIpc) is 3.12. The Morgan fingerprint density at radius 1 is 1.08 bits per heavy atom. The fourth-order valence-corrected chi connectivity index (χ4v) is 3.54. The summed E-state index contributed by atoms with van der Waals surface area (Å²) in [5.41, 5.74) is 4.14. The monoisotopic (exact) mass is 348 g/mol. The van der Waals surface area contributed by atoms with Crippen molar-refractivity contribution in [3.63, 3.8) is 0 Å². The summed E-state index contributed by atoms with van der Waals surface area (Å²) in [7, 11) is 1.41. The SMILES string of the molecule is COC(=O)N1CCc2onc(C(c3ccccc3)c3ccccc3)c2C1. The molecule has 4 rings (SSSR count). The molecule has 132 valence electrons. The maximum atomic E-state index is 12.0. The van der Waals surface area contributed by atoms with E-state index in [0.717, 1.165) is 28.1 Å². The zero-order valence-corrected chi connectivity index (χ0v) is 14.6. The summed E-state index contributed by atoms with van der Waals surface area (Å²) >= 11 is 0. The van der Waals surface area contributed by atoms with Crippen LogP contribution in [0.3, 0.4) is 0 Å². The first-order valence-corrected chi connectivity index (χ1v) is 8.68. The van der Waals surface area contributed by atoms with E-state index in [1.807, 2.05) is 36.4 Å². The number of amides is 1. The fourth-order valence-electron chi connectivity index (χ4n) is 3.54. The first kappa shape index (κ1) is 16.4. The van der Waals surface area contributed by atoms with Crippen molar-refractivity contribution >= 4 is 6.09 Å². The molecular weight excluding hydrogens is 328 g/mol. The van der Waals surface area contributed by atoms with Gasteiger partial charge in [-0.3, -0.25) is 0 Å². The zero-order chi connectivity index (χ0) is 17.9. The number of nitrogens with zero attached hydrogens (tertiary/aromatic N) is 2. The van der Waals surface area contributed by atoms with E-state index in [1.54, 1.807) is 4.90 Å². The Morgan fingerprint density at radius 3 is 2.27 bits per heavy atom. The standard InChI is InChI=1S/C21H20N2O3/c1-25-21(24)23-13-12-18-17(14-23)20(22-26-18)19(15-8-4-2-5-9-15)16-10-6-3-7-11-16/h2-11,19H,12-14H2,1H3. The van der Waals surface area contributed by atoms with E-state index in [0.29, 0.717) is 19.5 Å². The lowest BCUT2D eigenvalue weighted by molar-refractivity contribution is 0.117. The highest BCUT2D eigenvalue weighted by Gasteiger charge is 2.31. The van der Waals surface area contributed by atoms with E-state index >= 15 is 0 Å². The van der Waals surface area contributed by atoms with Gasteiger partial charge in [0.05, 0.1) is 19.6 Å². The quantitative estimate of drug-likeness (QED) is 0.718. The molecule has 26 heavy (non-hydrogen) atoms. The van der Waals surface area contributed by atoms with Crippen molar-refractivity contribution < 1.29 is 14.1 Å². The topological polar surface area (TPSA) is 55.6 Å². The largest absolute Gasteiger partial charge is 0.453 e. The molecule has 0 bridgehead atoms. The predicted octanol–water partition coefficient (Wildman–Crippen LogP) is 3.98. The van der Waals surface area contributed by atoms with Crippen molar-refractivity contribution in [2.45, 2.75) is 18.9 Å². The first-order valence-electron chi connectivity index (χ1n) is 8.68. The molecule has 0 saturated carbocycles. The highest BCUT2D eigenvalue weighted by atomic mass is 16.5. The summed E-state index contributed by atoms with van der Waals surface area (Å²) in [6.07, 6.45) is 0.326. The van der Waals surface area contributed by atoms with Gasteiger partial charge in [0, 0.05) is 18.5 Å². The third-order valence-electron chi connectivity index (χ3n) is 4.83. The Kier molecular flexibility index (Phi) is 4.44. The smallest absolute Gasteiger partial charge is 0.409 e. The van der Waals surface area contributed by atoms with Gasteiger partial charge in [-0.15, -0.1) is 0 Å². The van der Waals surface area contributed by atoms with Gasteiger partial charge in [0.25, 0.3) is 0 Å². The number of benzene rings is 2. The summed E-state index contributed by atoms with van der Waals surface area (Å²) in [6, 6.07) is 20.5. The number of carbonyl (C=O) groups excluding carboxylic acids is 1. The van der Waals surface area contributed by atoms with Crippen molar-refractivity contribution in [2.24, 2.45) is 0 Å². The van der Waals surface area contributed by atoms with Crippen LogP contribution in [-0.4, -0.2) is 29.8 Å². The normalized spacial score (nSPS) is 13.5. The van der Waals surface area contributed by atoms with Crippen LogP contribution in [0.4, 0.5) is 4.79 Å². The van der Waals surface area contributed by atoms with E-state index in [2.05, 4.69) is 29.4 Å². The number of methoxy groups -OCH3 is 1. The number of fused-ring (bicyclic) bond motifs is 1. The average molecular weight is 348 g/mol. The molecule has 0 fully saturated rings. The number of hydrogen-bond donors (Lipinski definition) is 0. The van der Waals surface area contributed by atoms with Gasteiger partial charge in [-0.25, -0.2) is 4.79 Å². The first-order chi connectivity index (χ1) is 12.8. The predicted molar refractivity (Wildman–Crippen MR) is 96.9 cm³/mol. The molecule has 2 aromatic carbocycles. The fraction of sp³-hybridized carbons (Fsp3) is 0.238. The lowest BCUT2D eigenvalue weighted by Crippen LogP contribution is -2.35. The molecule has 1 aliphatic heterocycles. The van der Waals surface area contributed by atoms with E-state index in [9.17, 15) is 4.79 Å². The van der Waals surface area contributed by atoms with Gasteiger partial charge in [0.2, 0.25) is 0 Å². The molecule has 1 aliphatic rings. The lowest BCUT2D eigenvalue weighted by Gasteiger charge is -2.26. The molecule has 0 saturated heterocycles. The zero-order valence-electron chi connectivity index (χ0n) is 14.6. The highest BCUT2D eigenvalue weighted by Crippen LogP contribution is 2.36. The molecule has 0 N–H and O–H groups in total. The van der Waals surface area contributed by atoms with Gasteiger partial charge in [-0.1, -0.05) is 65.8 Å². The van der Waals surface area contributed by atoms with Crippen LogP contribution in [-0.2, 0) is 17.7 Å². The van der Waals surface area contributed by atoms with E-state index in [1.165, 1.54) is 7.11 Å². The molecule has 0 unspecified atom stereocenters. The Bertz CT molecular complexity index is 851. The third-order valence-corrected chi connectivity index (χ3v) is 4.83. The Labute approximate surface area is 152 Å². The van der Waals surface area contributed by atoms with Gasteiger partial charge in [-0.05, 0) is 11.1 Å². The van der Waals surface area contributed by atoms with Crippen molar-refractivity contribution in [1.82, 2.24) is 10.1 Å². The summed E-state index contributed by atoms with van der Waals surface area (Å²) in [5, 5.41) is 4.42. The second-order valence-electron chi connectivity index (χ2n) is 6.37. The van der Waals surface area contributed by atoms with Gasteiger partial charge >= 0.3 is 6.09 Å². The van der Waals surface area contributed by atoms with Crippen LogP contribution in [0.1, 0.15) is 34.1 Å². The van der Waals surface area contributed by atoms with Crippen LogP contribution in [0, 0.1) is 0 Å². The van der Waals surface area contributed by atoms with Crippen molar-refractivity contribution in [1.29, 1.82) is 0 Å². The Hall–Kier alpha value is -3.08. The number of aromatic nitrogens is 1.